The molecule has 0 saturated carbocycles. The first-order chi connectivity index (χ1) is 7.18. The molecule has 2 aliphatic heterocycles. The highest BCUT2D eigenvalue weighted by Crippen LogP contribution is 2.36. The highest BCUT2D eigenvalue weighted by molar-refractivity contribution is 15.0. The van der Waals surface area contributed by atoms with E-state index in [0.717, 1.165) is 23.9 Å². The summed E-state index contributed by atoms with van der Waals surface area (Å²) < 4.78 is 0. The van der Waals surface area contributed by atoms with Crippen molar-refractivity contribution in [3.63, 3.8) is 0 Å². The first-order valence-electron chi connectivity index (χ1n) is 6.04. The SMILES string of the molecule is CC1CCC2CCC(CC1C)N2C.II. The Balaban J connectivity index is 0.000000531. The van der Waals surface area contributed by atoms with Crippen molar-refractivity contribution in [2.24, 2.45) is 11.8 Å². The molecule has 4 unspecified atom stereocenters. The van der Waals surface area contributed by atoms with Gasteiger partial charge in [0.2, 0.25) is 0 Å². The molecular formula is C12H23I2N. The maximum absolute atomic E-state index is 2.66. The van der Waals surface area contributed by atoms with Gasteiger partial charge in [-0.25, -0.2) is 0 Å². The summed E-state index contributed by atoms with van der Waals surface area (Å²) >= 11 is 4.24. The van der Waals surface area contributed by atoms with Gasteiger partial charge in [0.1, 0.15) is 0 Å². The second kappa shape index (κ2) is 6.99. The van der Waals surface area contributed by atoms with E-state index in [1.54, 1.807) is 0 Å². The third-order valence-electron chi connectivity index (χ3n) is 4.56. The largest absolute Gasteiger partial charge is 0.300 e. The van der Waals surface area contributed by atoms with Crippen LogP contribution in [0.2, 0.25) is 0 Å². The van der Waals surface area contributed by atoms with E-state index in [1.165, 1.54) is 32.1 Å². The lowest BCUT2D eigenvalue weighted by atomic mass is 9.85. The van der Waals surface area contributed by atoms with Gasteiger partial charge in [0.25, 0.3) is 0 Å². The molecule has 2 rings (SSSR count). The third kappa shape index (κ3) is 3.69. The maximum atomic E-state index is 2.66. The molecule has 1 nitrogen and oxygen atoms in total. The molecule has 0 radical (unpaired) electrons. The Morgan fingerprint density at radius 1 is 0.867 bits per heavy atom. The molecule has 2 heterocycles. The van der Waals surface area contributed by atoms with Crippen molar-refractivity contribution in [3.8, 4) is 0 Å². The summed E-state index contributed by atoms with van der Waals surface area (Å²) in [4.78, 5) is 2.66. The Morgan fingerprint density at radius 3 is 2.07 bits per heavy atom. The molecule has 2 fully saturated rings. The van der Waals surface area contributed by atoms with Gasteiger partial charge in [-0.3, -0.25) is 0 Å². The molecule has 2 saturated heterocycles. The van der Waals surface area contributed by atoms with Gasteiger partial charge in [0.15, 0.2) is 0 Å². The number of fused-ring (bicyclic) bond motifs is 2. The molecule has 4 atom stereocenters. The molecule has 0 N–H and O–H groups in total. The quantitative estimate of drug-likeness (QED) is 0.500. The van der Waals surface area contributed by atoms with Crippen LogP contribution >= 0.6 is 37.2 Å². The van der Waals surface area contributed by atoms with Crippen molar-refractivity contribution in [3.05, 3.63) is 0 Å². The first kappa shape index (κ1) is 14.5. The molecule has 0 aromatic heterocycles. The molecule has 90 valence electrons. The fourth-order valence-electron chi connectivity index (χ4n) is 3.12. The zero-order valence-corrected chi connectivity index (χ0v) is 14.4. The number of halogens is 2. The molecule has 0 aromatic carbocycles. The van der Waals surface area contributed by atoms with Crippen molar-refractivity contribution < 1.29 is 0 Å². The van der Waals surface area contributed by atoms with E-state index in [2.05, 4.69) is 63.0 Å². The number of hydrogen-bond acceptors (Lipinski definition) is 1. The molecule has 0 aromatic rings. The fraction of sp³-hybridized carbons (Fsp3) is 1.00. The second-order valence-corrected chi connectivity index (χ2v) is 5.32. The van der Waals surface area contributed by atoms with Crippen molar-refractivity contribution in [2.75, 3.05) is 7.05 Å². The first-order valence-corrected chi connectivity index (χ1v) is 12.3. The van der Waals surface area contributed by atoms with Gasteiger partial charge < -0.3 is 4.90 Å². The van der Waals surface area contributed by atoms with Crippen LogP contribution in [0.5, 0.6) is 0 Å². The highest BCUT2D eigenvalue weighted by atomic mass is 128. The zero-order chi connectivity index (χ0) is 11.4. The van der Waals surface area contributed by atoms with Gasteiger partial charge in [-0.1, -0.05) is 13.8 Å². The van der Waals surface area contributed by atoms with Gasteiger partial charge in [-0.15, -0.1) is 0 Å². The van der Waals surface area contributed by atoms with E-state index in [0.29, 0.717) is 0 Å². The van der Waals surface area contributed by atoms with E-state index < -0.39 is 0 Å². The van der Waals surface area contributed by atoms with Crippen LogP contribution in [0.4, 0.5) is 0 Å². The molecule has 0 amide bonds. The number of hydrogen-bond donors (Lipinski definition) is 0. The predicted octanol–water partition coefficient (Wildman–Crippen LogP) is 4.68. The van der Waals surface area contributed by atoms with Gasteiger partial charge >= 0.3 is 0 Å². The van der Waals surface area contributed by atoms with Crippen LogP contribution in [0.15, 0.2) is 0 Å². The Kier molecular flexibility index (Phi) is 6.75. The van der Waals surface area contributed by atoms with Gasteiger partial charge in [0.05, 0.1) is 0 Å². The normalized spacial score (nSPS) is 41.4. The van der Waals surface area contributed by atoms with Crippen LogP contribution in [-0.2, 0) is 0 Å². The van der Waals surface area contributed by atoms with Crippen molar-refractivity contribution in [2.45, 2.75) is 58.0 Å². The van der Waals surface area contributed by atoms with Gasteiger partial charge in [0, 0.05) is 49.3 Å². The smallest absolute Gasteiger partial charge is 0.00983 e. The topological polar surface area (TPSA) is 3.24 Å². The van der Waals surface area contributed by atoms with E-state index >= 15 is 0 Å². The minimum Gasteiger partial charge on any atom is -0.300 e. The highest BCUT2D eigenvalue weighted by Gasteiger charge is 2.34. The Bertz CT molecular complexity index is 186. The third-order valence-corrected chi connectivity index (χ3v) is 4.56. The molecule has 15 heavy (non-hydrogen) atoms. The molecule has 3 heteroatoms. The van der Waals surface area contributed by atoms with Gasteiger partial charge in [-0.05, 0) is 51.0 Å². The standard InChI is InChI=1S/C12H23N.I2/c1-9-4-5-11-6-7-12(13(11)3)8-10(9)2;1-2/h9-12H,4-8H2,1-3H3;. The Hall–Kier alpha value is 1.42. The zero-order valence-electron chi connectivity index (χ0n) is 10.0. The number of rotatable bonds is 0. The maximum Gasteiger partial charge on any atom is 0.00983 e. The van der Waals surface area contributed by atoms with Crippen LogP contribution in [0, 0.1) is 11.8 Å². The monoisotopic (exact) mass is 435 g/mol. The molecule has 2 bridgehead atoms. The second-order valence-electron chi connectivity index (χ2n) is 5.32. The van der Waals surface area contributed by atoms with Crippen LogP contribution < -0.4 is 0 Å². The van der Waals surface area contributed by atoms with Gasteiger partial charge in [-0.2, -0.15) is 0 Å². The fourth-order valence-corrected chi connectivity index (χ4v) is 3.12. The summed E-state index contributed by atoms with van der Waals surface area (Å²) in [6.07, 6.45) is 7.24. The lowest BCUT2D eigenvalue weighted by molar-refractivity contribution is 0.152. The van der Waals surface area contributed by atoms with Crippen molar-refractivity contribution in [1.29, 1.82) is 0 Å². The summed E-state index contributed by atoms with van der Waals surface area (Å²) in [5, 5.41) is 0. The minimum absolute atomic E-state index is 0.905. The average molecular weight is 435 g/mol. The Labute approximate surface area is 118 Å². The number of nitrogens with zero attached hydrogens (tertiary/aromatic N) is 1. The summed E-state index contributed by atoms with van der Waals surface area (Å²) in [5.74, 6) is 1.89. The summed E-state index contributed by atoms with van der Waals surface area (Å²) in [6.45, 7) is 4.88. The summed E-state index contributed by atoms with van der Waals surface area (Å²) in [6, 6.07) is 1.82. The van der Waals surface area contributed by atoms with E-state index in [9.17, 15) is 0 Å². The lowest BCUT2D eigenvalue weighted by Crippen LogP contribution is -2.36. The van der Waals surface area contributed by atoms with E-state index in [4.69, 9.17) is 0 Å². The molecule has 2 aliphatic rings. The molecule has 0 aliphatic carbocycles. The lowest BCUT2D eigenvalue weighted by Gasteiger charge is -2.33. The van der Waals surface area contributed by atoms with Crippen LogP contribution in [-0.4, -0.2) is 24.0 Å². The van der Waals surface area contributed by atoms with Crippen molar-refractivity contribution in [1.82, 2.24) is 4.90 Å². The van der Waals surface area contributed by atoms with Crippen LogP contribution in [0.1, 0.15) is 46.0 Å². The van der Waals surface area contributed by atoms with Crippen molar-refractivity contribution >= 4 is 37.2 Å². The minimum atomic E-state index is 0.905. The summed E-state index contributed by atoms with van der Waals surface area (Å²) in [5.41, 5.74) is 0. The molecular weight excluding hydrogens is 412 g/mol. The summed E-state index contributed by atoms with van der Waals surface area (Å²) in [7, 11) is 2.34. The predicted molar refractivity (Wildman–Crippen MR) is 84.8 cm³/mol. The van der Waals surface area contributed by atoms with E-state index in [1.807, 2.05) is 0 Å². The average Bonchev–Trinajstić information content (AvgIpc) is 2.62. The Morgan fingerprint density at radius 2 is 1.40 bits per heavy atom. The van der Waals surface area contributed by atoms with Crippen LogP contribution in [0.3, 0.4) is 0 Å². The van der Waals surface area contributed by atoms with Crippen LogP contribution in [0.25, 0.3) is 0 Å². The molecule has 0 spiro atoms. The van der Waals surface area contributed by atoms with E-state index in [-0.39, 0.29) is 0 Å².